The second-order valence-corrected chi connectivity index (χ2v) is 7.20. The number of pyridine rings is 1. The second-order valence-electron chi connectivity index (χ2n) is 7.20. The molecule has 0 bridgehead atoms. The van der Waals surface area contributed by atoms with Crippen molar-refractivity contribution in [3.63, 3.8) is 0 Å². The first kappa shape index (κ1) is 15.6. The van der Waals surface area contributed by atoms with E-state index in [0.29, 0.717) is 0 Å². The zero-order valence-electron chi connectivity index (χ0n) is 14.9. The van der Waals surface area contributed by atoms with Crippen LogP contribution in [0.3, 0.4) is 0 Å². The third-order valence-electron chi connectivity index (χ3n) is 5.64. The molecule has 0 N–H and O–H groups in total. The Kier molecular flexibility index (Phi) is 3.95. The summed E-state index contributed by atoms with van der Waals surface area (Å²) < 4.78 is 2.41. The minimum Gasteiger partial charge on any atom is -0.346 e. The summed E-state index contributed by atoms with van der Waals surface area (Å²) in [6.07, 6.45) is 8.78. The number of likely N-dealkylation sites (tertiary alicyclic amines) is 1. The number of nitrogens with zero attached hydrogens (tertiary/aromatic N) is 3. The summed E-state index contributed by atoms with van der Waals surface area (Å²) in [6.45, 7) is 4.73. The van der Waals surface area contributed by atoms with E-state index < -0.39 is 0 Å². The number of hydrogen-bond acceptors (Lipinski definition) is 2. The monoisotopic (exact) mass is 341 g/mol. The number of hydrogen-bond donors (Lipinski definition) is 0. The molecular weight excluding hydrogens is 318 g/mol. The standard InChI is InChI=1S/C23H23N3/c1-2-13-25(12-1)15-16-26-14-10-22-21(7-4-8-23(22)26)20-6-3-5-18-17-24-11-9-19(18)20/h3-11,14,17H,1-2,12-13,15-16H2. The number of rotatable bonds is 4. The summed E-state index contributed by atoms with van der Waals surface area (Å²) in [5.74, 6) is 0. The van der Waals surface area contributed by atoms with Crippen LogP contribution in [0.25, 0.3) is 32.8 Å². The second kappa shape index (κ2) is 6.58. The van der Waals surface area contributed by atoms with Crippen LogP contribution in [0, 0.1) is 0 Å². The van der Waals surface area contributed by atoms with Crippen molar-refractivity contribution in [2.24, 2.45) is 0 Å². The van der Waals surface area contributed by atoms with Crippen molar-refractivity contribution < 1.29 is 0 Å². The van der Waals surface area contributed by atoms with Gasteiger partial charge in [0.05, 0.1) is 0 Å². The maximum Gasteiger partial charge on any atom is 0.0487 e. The molecule has 0 radical (unpaired) electrons. The predicted octanol–water partition coefficient (Wildman–Crippen LogP) is 4.95. The van der Waals surface area contributed by atoms with Crippen molar-refractivity contribution in [2.45, 2.75) is 19.4 Å². The molecular formula is C23H23N3. The van der Waals surface area contributed by atoms with Crippen molar-refractivity contribution in [3.8, 4) is 11.1 Å². The fraction of sp³-hybridized carbons (Fsp3) is 0.261. The molecule has 1 aliphatic heterocycles. The lowest BCUT2D eigenvalue weighted by Gasteiger charge is -2.15. The Balaban J connectivity index is 1.56. The third kappa shape index (κ3) is 2.69. The Morgan fingerprint density at radius 2 is 1.62 bits per heavy atom. The van der Waals surface area contributed by atoms with Gasteiger partial charge in [-0.1, -0.05) is 30.3 Å². The molecule has 0 unspecified atom stereocenters. The van der Waals surface area contributed by atoms with Gasteiger partial charge < -0.3 is 9.47 Å². The molecule has 2 aromatic heterocycles. The molecule has 0 spiro atoms. The van der Waals surface area contributed by atoms with Crippen LogP contribution in [0.5, 0.6) is 0 Å². The van der Waals surface area contributed by atoms with Crippen molar-refractivity contribution >= 4 is 21.7 Å². The Labute approximate surface area is 153 Å². The maximum atomic E-state index is 4.27. The van der Waals surface area contributed by atoms with Gasteiger partial charge in [0.25, 0.3) is 0 Å². The van der Waals surface area contributed by atoms with Gasteiger partial charge in [-0.05, 0) is 60.6 Å². The fourth-order valence-electron chi connectivity index (χ4n) is 4.27. The zero-order valence-corrected chi connectivity index (χ0v) is 14.9. The summed E-state index contributed by atoms with van der Waals surface area (Å²) >= 11 is 0. The molecule has 3 heteroatoms. The van der Waals surface area contributed by atoms with E-state index in [1.807, 2.05) is 12.4 Å². The molecule has 5 rings (SSSR count). The van der Waals surface area contributed by atoms with Crippen molar-refractivity contribution in [3.05, 3.63) is 67.1 Å². The van der Waals surface area contributed by atoms with E-state index in [1.54, 1.807) is 0 Å². The van der Waals surface area contributed by atoms with Gasteiger partial charge in [0, 0.05) is 48.0 Å². The van der Waals surface area contributed by atoms with Crippen molar-refractivity contribution in [2.75, 3.05) is 19.6 Å². The Hall–Kier alpha value is -2.65. The first-order chi connectivity index (χ1) is 12.9. The maximum absolute atomic E-state index is 4.27. The molecule has 1 aliphatic rings. The zero-order chi connectivity index (χ0) is 17.3. The molecule has 130 valence electrons. The highest BCUT2D eigenvalue weighted by atomic mass is 15.2. The molecule has 0 amide bonds. The van der Waals surface area contributed by atoms with Crippen LogP contribution in [0.1, 0.15) is 12.8 Å². The van der Waals surface area contributed by atoms with Gasteiger partial charge in [-0.25, -0.2) is 0 Å². The van der Waals surface area contributed by atoms with Gasteiger partial charge in [0.2, 0.25) is 0 Å². The topological polar surface area (TPSA) is 21.1 Å². The first-order valence-electron chi connectivity index (χ1n) is 9.53. The highest BCUT2D eigenvalue weighted by Crippen LogP contribution is 2.34. The summed E-state index contributed by atoms with van der Waals surface area (Å²) in [5.41, 5.74) is 3.92. The van der Waals surface area contributed by atoms with Crippen LogP contribution in [-0.4, -0.2) is 34.1 Å². The quantitative estimate of drug-likeness (QED) is 0.523. The molecule has 3 nitrogen and oxygen atoms in total. The fourth-order valence-corrected chi connectivity index (χ4v) is 4.27. The number of benzene rings is 2. The molecule has 0 saturated carbocycles. The Morgan fingerprint density at radius 3 is 2.50 bits per heavy atom. The third-order valence-corrected chi connectivity index (χ3v) is 5.64. The normalized spacial score (nSPS) is 15.2. The highest BCUT2D eigenvalue weighted by molar-refractivity contribution is 6.04. The Bertz CT molecular complexity index is 1050. The SMILES string of the molecule is c1cc(-c2cccc3c2ccn3CCN2CCCC2)c2ccncc2c1. The lowest BCUT2D eigenvalue weighted by Crippen LogP contribution is -2.23. The first-order valence-corrected chi connectivity index (χ1v) is 9.53. The molecule has 0 atom stereocenters. The molecule has 0 aliphatic carbocycles. The summed E-state index contributed by atoms with van der Waals surface area (Å²) in [6, 6.07) is 17.5. The van der Waals surface area contributed by atoms with E-state index in [9.17, 15) is 0 Å². The van der Waals surface area contributed by atoms with E-state index in [2.05, 4.69) is 69.2 Å². The number of aromatic nitrogens is 2. The van der Waals surface area contributed by atoms with Crippen molar-refractivity contribution in [1.82, 2.24) is 14.5 Å². The van der Waals surface area contributed by atoms with Crippen LogP contribution >= 0.6 is 0 Å². The summed E-state index contributed by atoms with van der Waals surface area (Å²) in [5, 5.41) is 3.79. The summed E-state index contributed by atoms with van der Waals surface area (Å²) in [4.78, 5) is 6.84. The van der Waals surface area contributed by atoms with Gasteiger partial charge in [0.15, 0.2) is 0 Å². The van der Waals surface area contributed by atoms with Gasteiger partial charge in [-0.15, -0.1) is 0 Å². The average Bonchev–Trinajstić information content (AvgIpc) is 3.35. The van der Waals surface area contributed by atoms with Crippen LogP contribution < -0.4 is 0 Å². The minimum atomic E-state index is 1.06. The van der Waals surface area contributed by atoms with Crippen LogP contribution in [0.4, 0.5) is 0 Å². The van der Waals surface area contributed by atoms with Crippen molar-refractivity contribution in [1.29, 1.82) is 0 Å². The average molecular weight is 341 g/mol. The predicted molar refractivity (Wildman–Crippen MR) is 108 cm³/mol. The van der Waals surface area contributed by atoms with Crippen LogP contribution in [-0.2, 0) is 6.54 Å². The smallest absolute Gasteiger partial charge is 0.0487 e. The van der Waals surface area contributed by atoms with Crippen LogP contribution in [0.15, 0.2) is 67.1 Å². The molecule has 26 heavy (non-hydrogen) atoms. The largest absolute Gasteiger partial charge is 0.346 e. The molecule has 1 saturated heterocycles. The molecule has 3 heterocycles. The van der Waals surface area contributed by atoms with Gasteiger partial charge >= 0.3 is 0 Å². The van der Waals surface area contributed by atoms with Gasteiger partial charge in [0.1, 0.15) is 0 Å². The lowest BCUT2D eigenvalue weighted by atomic mass is 9.97. The van der Waals surface area contributed by atoms with E-state index >= 15 is 0 Å². The number of fused-ring (bicyclic) bond motifs is 2. The molecule has 2 aromatic carbocycles. The van der Waals surface area contributed by atoms with E-state index in [4.69, 9.17) is 0 Å². The minimum absolute atomic E-state index is 1.06. The van der Waals surface area contributed by atoms with E-state index in [0.717, 1.165) is 13.1 Å². The highest BCUT2D eigenvalue weighted by Gasteiger charge is 2.13. The van der Waals surface area contributed by atoms with Gasteiger partial charge in [-0.3, -0.25) is 4.98 Å². The molecule has 4 aromatic rings. The lowest BCUT2D eigenvalue weighted by molar-refractivity contribution is 0.324. The van der Waals surface area contributed by atoms with E-state index in [1.165, 1.54) is 58.7 Å². The van der Waals surface area contributed by atoms with E-state index in [-0.39, 0.29) is 0 Å². The molecule has 1 fully saturated rings. The Morgan fingerprint density at radius 1 is 0.808 bits per heavy atom. The van der Waals surface area contributed by atoms with Gasteiger partial charge in [-0.2, -0.15) is 0 Å². The summed E-state index contributed by atoms with van der Waals surface area (Å²) in [7, 11) is 0. The van der Waals surface area contributed by atoms with Crippen LogP contribution in [0.2, 0.25) is 0 Å².